The highest BCUT2D eigenvalue weighted by Gasteiger charge is 2.46. The van der Waals surface area contributed by atoms with E-state index in [4.69, 9.17) is 16.3 Å². The van der Waals surface area contributed by atoms with Gasteiger partial charge in [-0.15, -0.1) is 11.6 Å². The van der Waals surface area contributed by atoms with Crippen molar-refractivity contribution in [3.63, 3.8) is 0 Å². The van der Waals surface area contributed by atoms with Gasteiger partial charge in [0, 0.05) is 6.42 Å². The number of carbonyl (C=O) groups excluding carboxylic acids is 1. The van der Waals surface area contributed by atoms with Crippen molar-refractivity contribution in [2.75, 3.05) is 6.61 Å². The molecule has 0 saturated heterocycles. The molecule has 0 radical (unpaired) electrons. The zero-order chi connectivity index (χ0) is 19.4. The van der Waals surface area contributed by atoms with Crippen molar-refractivity contribution in [2.45, 2.75) is 30.5 Å². The van der Waals surface area contributed by atoms with E-state index in [1.165, 1.54) is 12.1 Å². The molecule has 0 heterocycles. The zero-order valence-corrected chi connectivity index (χ0v) is 14.7. The van der Waals surface area contributed by atoms with E-state index in [1.807, 2.05) is 0 Å². The average molecular weight is 387 g/mol. The molecule has 2 aromatic rings. The Morgan fingerprint density at radius 3 is 2.38 bits per heavy atom. The largest absolute Gasteiger partial charge is 0.465 e. The quantitative estimate of drug-likeness (QED) is 0.586. The van der Waals surface area contributed by atoms with E-state index in [-0.39, 0.29) is 18.6 Å². The number of esters is 1. The summed E-state index contributed by atoms with van der Waals surface area (Å²) in [5.41, 5.74) is -0.326. The molecule has 2 atom stereocenters. The monoisotopic (exact) mass is 386 g/mol. The van der Waals surface area contributed by atoms with Crippen LogP contribution in [0, 0.1) is 0 Å². The van der Waals surface area contributed by atoms with Crippen LogP contribution in [0.15, 0.2) is 54.6 Å². The zero-order valence-electron chi connectivity index (χ0n) is 14.0. The van der Waals surface area contributed by atoms with Gasteiger partial charge in [-0.3, -0.25) is 4.79 Å². The summed E-state index contributed by atoms with van der Waals surface area (Å²) in [6.07, 6.45) is -6.31. The first-order chi connectivity index (χ1) is 12.2. The first-order valence-electron chi connectivity index (χ1n) is 7.93. The molecule has 0 aliphatic heterocycles. The number of alkyl halides is 4. The van der Waals surface area contributed by atoms with Gasteiger partial charge >= 0.3 is 12.1 Å². The summed E-state index contributed by atoms with van der Waals surface area (Å²) < 4.78 is 43.8. The molecule has 3 nitrogen and oxygen atoms in total. The molecule has 0 aliphatic rings. The summed E-state index contributed by atoms with van der Waals surface area (Å²) in [5, 5.41) is 10.7. The van der Waals surface area contributed by atoms with Gasteiger partial charge in [-0.05, 0) is 24.1 Å². The van der Waals surface area contributed by atoms with Crippen molar-refractivity contribution in [1.82, 2.24) is 0 Å². The van der Waals surface area contributed by atoms with Gasteiger partial charge < -0.3 is 9.84 Å². The number of hydrogen-bond donors (Lipinski definition) is 1. The Bertz CT molecular complexity index is 749. The number of aliphatic hydroxyl groups is 1. The lowest BCUT2D eigenvalue weighted by Crippen LogP contribution is -2.43. The summed E-state index contributed by atoms with van der Waals surface area (Å²) in [5.74, 6) is -0.893. The Hall–Kier alpha value is -2.05. The standard InChI is InChI=1S/C19H18ClF3O3/c1-2-26-17(25)18(20,16(24)14-8-4-3-5-9-14)12-13-7-6-10-15(11-13)19(21,22)23/h3-11,16,24H,2,12H2,1H3. The predicted molar refractivity (Wildman–Crippen MR) is 91.8 cm³/mol. The Labute approximate surface area is 154 Å². The first kappa shape index (κ1) is 20.3. The topological polar surface area (TPSA) is 46.5 Å². The molecule has 0 amide bonds. The Morgan fingerprint density at radius 2 is 1.81 bits per heavy atom. The minimum Gasteiger partial charge on any atom is -0.465 e. The fraction of sp³-hybridized carbons (Fsp3) is 0.316. The number of benzene rings is 2. The number of ether oxygens (including phenoxy) is 1. The third-order valence-corrected chi connectivity index (χ3v) is 4.37. The second-order valence-corrected chi connectivity index (χ2v) is 6.45. The van der Waals surface area contributed by atoms with Gasteiger partial charge in [0.1, 0.15) is 6.10 Å². The van der Waals surface area contributed by atoms with E-state index in [1.54, 1.807) is 37.3 Å². The van der Waals surface area contributed by atoms with Gasteiger partial charge in [-0.25, -0.2) is 0 Å². The number of aliphatic hydroxyl groups excluding tert-OH is 1. The van der Waals surface area contributed by atoms with Crippen molar-refractivity contribution >= 4 is 17.6 Å². The molecule has 140 valence electrons. The van der Waals surface area contributed by atoms with Crippen molar-refractivity contribution in [3.8, 4) is 0 Å². The number of carbonyl (C=O) groups is 1. The molecular weight excluding hydrogens is 369 g/mol. The Morgan fingerprint density at radius 1 is 1.15 bits per heavy atom. The van der Waals surface area contributed by atoms with E-state index in [0.717, 1.165) is 12.1 Å². The normalized spacial score (nSPS) is 15.2. The number of halogens is 4. The molecule has 26 heavy (non-hydrogen) atoms. The molecular formula is C19H18ClF3O3. The highest BCUT2D eigenvalue weighted by molar-refractivity contribution is 6.34. The van der Waals surface area contributed by atoms with Crippen LogP contribution >= 0.6 is 11.6 Å². The van der Waals surface area contributed by atoms with E-state index < -0.39 is 28.7 Å². The van der Waals surface area contributed by atoms with Crippen LogP contribution in [0.1, 0.15) is 29.7 Å². The third kappa shape index (κ3) is 4.56. The molecule has 2 aromatic carbocycles. The maximum atomic E-state index is 12.9. The number of hydrogen-bond acceptors (Lipinski definition) is 3. The Kier molecular flexibility index (Phi) is 6.31. The second kappa shape index (κ2) is 8.10. The van der Waals surface area contributed by atoms with E-state index in [2.05, 4.69) is 0 Å². The molecule has 0 saturated carbocycles. The van der Waals surface area contributed by atoms with E-state index >= 15 is 0 Å². The lowest BCUT2D eigenvalue weighted by Gasteiger charge is -2.30. The molecule has 0 bridgehead atoms. The van der Waals surface area contributed by atoms with Gasteiger partial charge in [0.05, 0.1) is 12.2 Å². The van der Waals surface area contributed by atoms with Crippen LogP contribution in [0.2, 0.25) is 0 Å². The second-order valence-electron chi connectivity index (χ2n) is 5.77. The van der Waals surface area contributed by atoms with Crippen LogP contribution in [-0.2, 0) is 22.1 Å². The van der Waals surface area contributed by atoms with E-state index in [0.29, 0.717) is 5.56 Å². The third-order valence-electron chi connectivity index (χ3n) is 3.88. The summed E-state index contributed by atoms with van der Waals surface area (Å²) in [4.78, 5) is 10.5. The van der Waals surface area contributed by atoms with Crippen LogP contribution < -0.4 is 0 Å². The number of rotatable bonds is 6. The predicted octanol–water partition coefficient (Wildman–Crippen LogP) is 4.52. The minimum atomic E-state index is -4.52. The van der Waals surface area contributed by atoms with Crippen LogP contribution in [0.25, 0.3) is 0 Å². The fourth-order valence-electron chi connectivity index (χ4n) is 2.59. The SMILES string of the molecule is CCOC(=O)C(Cl)(Cc1cccc(C(F)(F)F)c1)C(O)c1ccccc1. The molecule has 0 fully saturated rings. The molecule has 2 unspecified atom stereocenters. The minimum absolute atomic E-state index is 0.0252. The van der Waals surface area contributed by atoms with Crippen LogP contribution in [0.5, 0.6) is 0 Å². The molecule has 2 rings (SSSR count). The van der Waals surface area contributed by atoms with Crippen LogP contribution in [0.4, 0.5) is 13.2 Å². The molecule has 0 aromatic heterocycles. The van der Waals surface area contributed by atoms with Crippen molar-refractivity contribution < 1.29 is 27.8 Å². The summed E-state index contributed by atoms with van der Waals surface area (Å²) in [6, 6.07) is 12.7. The van der Waals surface area contributed by atoms with Crippen molar-refractivity contribution in [3.05, 3.63) is 71.3 Å². The van der Waals surface area contributed by atoms with Gasteiger partial charge in [0.15, 0.2) is 4.87 Å². The fourth-order valence-corrected chi connectivity index (χ4v) is 2.92. The van der Waals surface area contributed by atoms with Crippen molar-refractivity contribution in [2.24, 2.45) is 0 Å². The maximum absolute atomic E-state index is 12.9. The van der Waals surface area contributed by atoms with E-state index in [9.17, 15) is 23.1 Å². The smallest absolute Gasteiger partial charge is 0.416 e. The first-order valence-corrected chi connectivity index (χ1v) is 8.31. The average Bonchev–Trinajstić information content (AvgIpc) is 2.61. The summed E-state index contributed by atoms with van der Waals surface area (Å²) in [7, 11) is 0. The highest BCUT2D eigenvalue weighted by Crippen LogP contribution is 2.38. The van der Waals surface area contributed by atoms with Crippen molar-refractivity contribution in [1.29, 1.82) is 0 Å². The molecule has 0 aliphatic carbocycles. The lowest BCUT2D eigenvalue weighted by atomic mass is 9.88. The molecule has 0 spiro atoms. The van der Waals surface area contributed by atoms with Gasteiger partial charge in [0.2, 0.25) is 0 Å². The lowest BCUT2D eigenvalue weighted by molar-refractivity contribution is -0.150. The Balaban J connectivity index is 2.41. The summed E-state index contributed by atoms with van der Waals surface area (Å²) >= 11 is 6.45. The molecule has 1 N–H and O–H groups in total. The maximum Gasteiger partial charge on any atom is 0.416 e. The van der Waals surface area contributed by atoms with Gasteiger partial charge in [-0.1, -0.05) is 48.5 Å². The van der Waals surface area contributed by atoms with Gasteiger partial charge in [0.25, 0.3) is 0 Å². The highest BCUT2D eigenvalue weighted by atomic mass is 35.5. The van der Waals surface area contributed by atoms with Crippen LogP contribution in [0.3, 0.4) is 0 Å². The van der Waals surface area contributed by atoms with Gasteiger partial charge in [-0.2, -0.15) is 13.2 Å². The summed E-state index contributed by atoms with van der Waals surface area (Å²) in [6.45, 7) is 1.60. The molecule has 7 heteroatoms. The van der Waals surface area contributed by atoms with Crippen LogP contribution in [-0.4, -0.2) is 22.6 Å².